The maximum Gasteiger partial charge on any atom is 0.176 e. The molecule has 90 valence electrons. The Hall–Kier alpha value is 0.0200. The fourth-order valence-corrected chi connectivity index (χ4v) is 2.19. The summed E-state index contributed by atoms with van der Waals surface area (Å²) in [5.74, 6) is 1.01. The van der Waals surface area contributed by atoms with Gasteiger partial charge in [0.25, 0.3) is 0 Å². The largest absolute Gasteiger partial charge is 0.291 e. The predicted molar refractivity (Wildman–Crippen MR) is 71.1 cm³/mol. The zero-order chi connectivity index (χ0) is 11.2. The van der Waals surface area contributed by atoms with Crippen LogP contribution >= 0.6 is 11.8 Å². The highest BCUT2D eigenvalue weighted by Gasteiger charge is 1.92. The van der Waals surface area contributed by atoms with E-state index in [1.54, 1.807) is 0 Å². The molecular weight excluding hydrogens is 204 g/mol. The van der Waals surface area contributed by atoms with Crippen LogP contribution in [0.4, 0.5) is 0 Å². The molecule has 0 amide bonds. The Morgan fingerprint density at radius 2 is 1.27 bits per heavy atom. The second-order valence-electron chi connectivity index (χ2n) is 4.15. The highest BCUT2D eigenvalue weighted by molar-refractivity contribution is 8.11. The SMILES string of the molecule is CCCCCCCCCCCCSC=O. The van der Waals surface area contributed by atoms with Gasteiger partial charge in [-0.15, -0.1) is 0 Å². The Bertz CT molecular complexity index is 126. The Morgan fingerprint density at radius 3 is 1.73 bits per heavy atom. The molecule has 0 N–H and O–H groups in total. The number of hydrogen-bond acceptors (Lipinski definition) is 2. The maximum atomic E-state index is 10.0. The molecule has 0 aromatic rings. The molecular formula is C13H26OS. The van der Waals surface area contributed by atoms with Crippen molar-refractivity contribution < 1.29 is 4.79 Å². The fraction of sp³-hybridized carbons (Fsp3) is 0.923. The van der Waals surface area contributed by atoms with Crippen LogP contribution in [-0.4, -0.2) is 11.4 Å². The standard InChI is InChI=1S/C13H26OS/c1-2-3-4-5-6-7-8-9-10-11-12-15-13-14/h13H,2-12H2,1H3. The van der Waals surface area contributed by atoms with Crippen LogP contribution in [0, 0.1) is 0 Å². The van der Waals surface area contributed by atoms with Crippen LogP contribution in [0.25, 0.3) is 0 Å². The summed E-state index contributed by atoms with van der Waals surface area (Å²) in [4.78, 5) is 10.0. The first-order valence-electron chi connectivity index (χ1n) is 6.47. The minimum atomic E-state index is 0.952. The van der Waals surface area contributed by atoms with Gasteiger partial charge in [0.2, 0.25) is 0 Å². The van der Waals surface area contributed by atoms with Gasteiger partial charge in [0.15, 0.2) is 5.62 Å². The quantitative estimate of drug-likeness (QED) is 0.353. The first-order valence-corrected chi connectivity index (χ1v) is 7.52. The van der Waals surface area contributed by atoms with Crippen LogP contribution < -0.4 is 0 Å². The molecule has 0 fully saturated rings. The highest BCUT2D eigenvalue weighted by Crippen LogP contribution is 2.11. The first kappa shape index (κ1) is 15.0. The van der Waals surface area contributed by atoms with Gasteiger partial charge in [-0.25, -0.2) is 0 Å². The summed E-state index contributed by atoms with van der Waals surface area (Å²) in [7, 11) is 0. The summed E-state index contributed by atoms with van der Waals surface area (Å²) in [6, 6.07) is 0. The molecule has 0 unspecified atom stereocenters. The summed E-state index contributed by atoms with van der Waals surface area (Å²) in [5.41, 5.74) is 0.952. The number of rotatable bonds is 12. The molecule has 0 saturated heterocycles. The van der Waals surface area contributed by atoms with Crippen molar-refractivity contribution in [2.24, 2.45) is 0 Å². The van der Waals surface area contributed by atoms with Crippen LogP contribution in [0.2, 0.25) is 0 Å². The predicted octanol–water partition coefficient (Wildman–Crippen LogP) is 4.83. The minimum absolute atomic E-state index is 0.952. The van der Waals surface area contributed by atoms with Crippen LogP contribution in [0.15, 0.2) is 0 Å². The van der Waals surface area contributed by atoms with Gasteiger partial charge in [-0.1, -0.05) is 76.5 Å². The fourth-order valence-electron chi connectivity index (χ4n) is 1.72. The topological polar surface area (TPSA) is 17.1 Å². The van der Waals surface area contributed by atoms with Gasteiger partial charge in [-0.05, 0) is 6.42 Å². The summed E-state index contributed by atoms with van der Waals surface area (Å²) >= 11 is 1.40. The Balaban J connectivity index is 2.83. The lowest BCUT2D eigenvalue weighted by Gasteiger charge is -2.01. The Labute approximate surface area is 99.4 Å². The normalized spacial score (nSPS) is 10.5. The van der Waals surface area contributed by atoms with Crippen molar-refractivity contribution in [3.63, 3.8) is 0 Å². The summed E-state index contributed by atoms with van der Waals surface area (Å²) in [5, 5.41) is 0. The molecule has 0 heterocycles. The molecule has 2 heteroatoms. The van der Waals surface area contributed by atoms with Crippen LogP contribution in [0.1, 0.15) is 71.1 Å². The molecule has 0 rings (SSSR count). The van der Waals surface area contributed by atoms with E-state index in [1.165, 1.54) is 76.0 Å². The van der Waals surface area contributed by atoms with E-state index in [-0.39, 0.29) is 0 Å². The number of hydrogen-bond donors (Lipinski definition) is 0. The van der Waals surface area contributed by atoms with Crippen LogP contribution in [0.5, 0.6) is 0 Å². The highest BCUT2D eigenvalue weighted by atomic mass is 32.2. The minimum Gasteiger partial charge on any atom is -0.291 e. The van der Waals surface area contributed by atoms with Crippen molar-refractivity contribution >= 4 is 17.4 Å². The van der Waals surface area contributed by atoms with Crippen molar-refractivity contribution in [2.75, 3.05) is 5.75 Å². The monoisotopic (exact) mass is 230 g/mol. The molecule has 0 aromatic carbocycles. The molecule has 0 atom stereocenters. The maximum absolute atomic E-state index is 10.0. The van der Waals surface area contributed by atoms with E-state index >= 15 is 0 Å². The number of carbonyl (C=O) groups is 1. The molecule has 0 aliphatic carbocycles. The zero-order valence-electron chi connectivity index (χ0n) is 10.2. The number of thioether (sulfide) groups is 1. The van der Waals surface area contributed by atoms with Crippen molar-refractivity contribution in [3.8, 4) is 0 Å². The van der Waals surface area contributed by atoms with Crippen molar-refractivity contribution in [1.29, 1.82) is 0 Å². The molecule has 0 radical (unpaired) electrons. The third-order valence-electron chi connectivity index (χ3n) is 2.68. The van der Waals surface area contributed by atoms with Crippen LogP contribution in [-0.2, 0) is 4.79 Å². The first-order chi connectivity index (χ1) is 7.41. The van der Waals surface area contributed by atoms with E-state index in [0.717, 1.165) is 11.4 Å². The van der Waals surface area contributed by atoms with Gasteiger partial charge >= 0.3 is 0 Å². The van der Waals surface area contributed by atoms with Gasteiger partial charge in [0.05, 0.1) is 0 Å². The lowest BCUT2D eigenvalue weighted by atomic mass is 10.1. The van der Waals surface area contributed by atoms with E-state index in [1.807, 2.05) is 0 Å². The Kier molecular flexibility index (Phi) is 14.0. The molecule has 0 spiro atoms. The lowest BCUT2D eigenvalue weighted by molar-refractivity contribution is 0.562. The average molecular weight is 230 g/mol. The lowest BCUT2D eigenvalue weighted by Crippen LogP contribution is -1.83. The van der Waals surface area contributed by atoms with E-state index in [0.29, 0.717) is 0 Å². The van der Waals surface area contributed by atoms with Crippen LogP contribution in [0.3, 0.4) is 0 Å². The molecule has 1 nitrogen and oxygen atoms in total. The molecule has 0 aliphatic rings. The number of unbranched alkanes of at least 4 members (excludes halogenated alkanes) is 9. The third-order valence-corrected chi connectivity index (χ3v) is 3.34. The summed E-state index contributed by atoms with van der Waals surface area (Å²) < 4.78 is 0. The molecule has 0 saturated carbocycles. The zero-order valence-corrected chi connectivity index (χ0v) is 11.0. The average Bonchev–Trinajstić information content (AvgIpc) is 2.26. The summed E-state index contributed by atoms with van der Waals surface area (Å²) in [6.45, 7) is 2.26. The molecule has 0 aromatic heterocycles. The van der Waals surface area contributed by atoms with E-state index in [9.17, 15) is 4.79 Å². The van der Waals surface area contributed by atoms with Crippen molar-refractivity contribution in [2.45, 2.75) is 71.1 Å². The third kappa shape index (κ3) is 14.0. The molecule has 0 aliphatic heterocycles. The van der Waals surface area contributed by atoms with E-state index < -0.39 is 0 Å². The summed E-state index contributed by atoms with van der Waals surface area (Å²) in [6.07, 6.45) is 13.7. The Morgan fingerprint density at radius 1 is 0.800 bits per heavy atom. The second-order valence-corrected chi connectivity index (χ2v) is 5.08. The smallest absolute Gasteiger partial charge is 0.176 e. The van der Waals surface area contributed by atoms with Gasteiger partial charge in [-0.2, -0.15) is 0 Å². The van der Waals surface area contributed by atoms with Gasteiger partial charge < -0.3 is 0 Å². The van der Waals surface area contributed by atoms with E-state index in [2.05, 4.69) is 6.92 Å². The van der Waals surface area contributed by atoms with Gasteiger partial charge in [-0.3, -0.25) is 4.79 Å². The number of carbonyl (C=O) groups excluding carboxylic acids is 1. The van der Waals surface area contributed by atoms with E-state index in [4.69, 9.17) is 0 Å². The van der Waals surface area contributed by atoms with Gasteiger partial charge in [0, 0.05) is 5.75 Å². The van der Waals surface area contributed by atoms with Gasteiger partial charge in [0.1, 0.15) is 0 Å². The van der Waals surface area contributed by atoms with Crippen molar-refractivity contribution in [1.82, 2.24) is 0 Å². The molecule has 15 heavy (non-hydrogen) atoms. The second kappa shape index (κ2) is 14.0. The van der Waals surface area contributed by atoms with Crippen molar-refractivity contribution in [3.05, 3.63) is 0 Å². The molecule has 0 bridgehead atoms.